The molecule has 16 heavy (non-hydrogen) atoms. The topological polar surface area (TPSA) is 74.6 Å². The molecule has 1 atom stereocenters. The Morgan fingerprint density at radius 2 is 1.75 bits per heavy atom. The first-order chi connectivity index (χ1) is 6.43. The van der Waals surface area contributed by atoms with E-state index in [4.69, 9.17) is 32.9 Å². The Balaban J connectivity index is 0. The van der Waals surface area contributed by atoms with E-state index in [9.17, 15) is 9.00 Å². The van der Waals surface area contributed by atoms with Gasteiger partial charge in [-0.25, -0.2) is 9.00 Å². The van der Waals surface area contributed by atoms with Crippen LogP contribution in [0.15, 0.2) is 17.0 Å². The fourth-order valence-electron chi connectivity index (χ4n) is 0.814. The average molecular weight is 303 g/mol. The fourth-order valence-corrected chi connectivity index (χ4v) is 1.89. The second-order valence-corrected chi connectivity index (χ2v) is 4.05. The number of hydrogen-bond acceptors (Lipinski definition) is 2. The van der Waals surface area contributed by atoms with Crippen molar-refractivity contribution in [2.45, 2.75) is 4.90 Å². The van der Waals surface area contributed by atoms with Crippen LogP contribution in [0.1, 0.15) is 10.4 Å². The molecule has 1 unspecified atom stereocenters. The number of rotatable bonds is 2. The molecule has 0 aliphatic carbocycles. The van der Waals surface area contributed by atoms with E-state index < -0.39 is 17.0 Å². The molecule has 0 heterocycles. The molecular formula is C7H6Cl2Na2O4S. The number of carboxylic acid groups (broad SMARTS) is 1. The summed E-state index contributed by atoms with van der Waals surface area (Å²) >= 11 is 8.80. The van der Waals surface area contributed by atoms with Crippen LogP contribution in [0.25, 0.3) is 0 Å². The van der Waals surface area contributed by atoms with Gasteiger partial charge in [-0.2, -0.15) is 0 Å². The molecule has 2 N–H and O–H groups in total. The molecule has 0 fully saturated rings. The van der Waals surface area contributed by atoms with Gasteiger partial charge in [-0.05, 0) is 12.1 Å². The van der Waals surface area contributed by atoms with Crippen molar-refractivity contribution in [3.63, 3.8) is 0 Å². The van der Waals surface area contributed by atoms with Crippen molar-refractivity contribution >= 4 is 99.4 Å². The van der Waals surface area contributed by atoms with Crippen molar-refractivity contribution < 1.29 is 18.7 Å². The third kappa shape index (κ3) is 4.94. The van der Waals surface area contributed by atoms with E-state index >= 15 is 0 Å². The molecule has 0 saturated heterocycles. The van der Waals surface area contributed by atoms with Crippen LogP contribution in [0.4, 0.5) is 0 Å². The first-order valence-corrected chi connectivity index (χ1v) is 5.13. The van der Waals surface area contributed by atoms with Gasteiger partial charge in [0.05, 0.1) is 20.5 Å². The molecule has 0 bridgehead atoms. The fraction of sp³-hybridized carbons (Fsp3) is 0. The van der Waals surface area contributed by atoms with E-state index in [1.807, 2.05) is 0 Å². The second-order valence-electron chi connectivity index (χ2n) is 2.32. The quantitative estimate of drug-likeness (QED) is 0.631. The van der Waals surface area contributed by atoms with Gasteiger partial charge in [-0.1, -0.05) is 23.2 Å². The van der Waals surface area contributed by atoms with Gasteiger partial charge >= 0.3 is 65.1 Å². The monoisotopic (exact) mass is 302 g/mol. The van der Waals surface area contributed by atoms with Crippen molar-refractivity contribution in [1.29, 1.82) is 0 Å². The first kappa shape index (κ1) is 19.7. The average Bonchev–Trinajstić information content (AvgIpc) is 2.08. The van der Waals surface area contributed by atoms with Crippen molar-refractivity contribution in [3.8, 4) is 0 Å². The van der Waals surface area contributed by atoms with Crippen molar-refractivity contribution in [3.05, 3.63) is 27.7 Å². The Morgan fingerprint density at radius 3 is 2.12 bits per heavy atom. The van der Waals surface area contributed by atoms with E-state index in [1.165, 1.54) is 0 Å². The Morgan fingerprint density at radius 1 is 1.25 bits per heavy atom. The van der Waals surface area contributed by atoms with Crippen LogP contribution < -0.4 is 0 Å². The summed E-state index contributed by atoms with van der Waals surface area (Å²) in [5.74, 6) is -1.24. The summed E-state index contributed by atoms with van der Waals surface area (Å²) in [6.07, 6.45) is 0. The van der Waals surface area contributed by atoms with Gasteiger partial charge in [0.1, 0.15) is 0 Å². The molecule has 0 saturated carbocycles. The first-order valence-electron chi connectivity index (χ1n) is 3.26. The van der Waals surface area contributed by atoms with Gasteiger partial charge in [0.2, 0.25) is 0 Å². The minimum atomic E-state index is -2.36. The van der Waals surface area contributed by atoms with Crippen molar-refractivity contribution in [2.75, 3.05) is 0 Å². The Bertz CT molecular complexity index is 427. The number of carbonyl (C=O) groups is 1. The molecule has 0 amide bonds. The predicted molar refractivity (Wildman–Crippen MR) is 66.8 cm³/mol. The maximum atomic E-state index is 10.7. The SMILES string of the molecule is O=C(O)c1cc(Cl)c(Cl)c(S(=O)O)c1.[NaH].[NaH]. The van der Waals surface area contributed by atoms with Crippen LogP contribution in [0.2, 0.25) is 10.0 Å². The molecule has 80 valence electrons. The van der Waals surface area contributed by atoms with Crippen LogP contribution in [-0.4, -0.2) is 79.0 Å². The predicted octanol–water partition coefficient (Wildman–Crippen LogP) is 0.975. The van der Waals surface area contributed by atoms with Gasteiger partial charge in [-0.3, -0.25) is 0 Å². The minimum absolute atomic E-state index is 0. The van der Waals surface area contributed by atoms with Crippen LogP contribution >= 0.6 is 23.2 Å². The molecule has 0 aliphatic heterocycles. The molecule has 9 heteroatoms. The molecule has 1 aromatic carbocycles. The summed E-state index contributed by atoms with van der Waals surface area (Å²) < 4.78 is 19.5. The number of halogens is 2. The standard InChI is InChI=1S/C7H4Cl2O4S.2Na.2H/c8-4-1-3(7(10)11)2-5(6(4)9)14(12)13;;;;/h1-2H,(H,10,11)(H,12,13);;;;. The van der Waals surface area contributed by atoms with Gasteiger partial charge < -0.3 is 9.66 Å². The van der Waals surface area contributed by atoms with Crippen LogP contribution in [0.5, 0.6) is 0 Å². The zero-order chi connectivity index (χ0) is 10.9. The molecule has 4 nitrogen and oxygen atoms in total. The Labute approximate surface area is 149 Å². The zero-order valence-electron chi connectivity index (χ0n) is 6.53. The number of aromatic carboxylic acids is 1. The van der Waals surface area contributed by atoms with Gasteiger partial charge in [0, 0.05) is 0 Å². The van der Waals surface area contributed by atoms with Crippen LogP contribution in [0.3, 0.4) is 0 Å². The van der Waals surface area contributed by atoms with Gasteiger partial charge in [0.15, 0.2) is 11.1 Å². The van der Waals surface area contributed by atoms with E-state index in [2.05, 4.69) is 0 Å². The number of hydrogen-bond donors (Lipinski definition) is 2. The van der Waals surface area contributed by atoms with Crippen molar-refractivity contribution in [2.24, 2.45) is 0 Å². The van der Waals surface area contributed by atoms with E-state index in [0.29, 0.717) is 0 Å². The van der Waals surface area contributed by atoms with E-state index in [-0.39, 0.29) is 79.6 Å². The van der Waals surface area contributed by atoms with E-state index in [0.717, 1.165) is 12.1 Å². The Hall–Kier alpha value is 1.38. The molecule has 1 rings (SSSR count). The van der Waals surface area contributed by atoms with Gasteiger partial charge in [0.25, 0.3) is 0 Å². The second kappa shape index (κ2) is 8.48. The summed E-state index contributed by atoms with van der Waals surface area (Å²) in [5.41, 5.74) is -0.184. The van der Waals surface area contributed by atoms with Crippen LogP contribution in [-0.2, 0) is 11.1 Å². The number of carboxylic acids is 1. The summed E-state index contributed by atoms with van der Waals surface area (Å²) in [7, 11) is 0. The summed E-state index contributed by atoms with van der Waals surface area (Å²) in [6.45, 7) is 0. The summed E-state index contributed by atoms with van der Waals surface area (Å²) in [5, 5.41) is 8.44. The normalized spacial score (nSPS) is 10.9. The third-order valence-electron chi connectivity index (χ3n) is 1.43. The molecule has 0 aromatic heterocycles. The summed E-state index contributed by atoms with van der Waals surface area (Å²) in [6, 6.07) is 2.12. The van der Waals surface area contributed by atoms with Crippen molar-refractivity contribution in [1.82, 2.24) is 0 Å². The molecular weight excluding hydrogens is 297 g/mol. The maximum absolute atomic E-state index is 10.7. The molecule has 0 aliphatic rings. The molecule has 0 radical (unpaired) electrons. The van der Waals surface area contributed by atoms with Crippen LogP contribution in [0, 0.1) is 0 Å². The van der Waals surface area contributed by atoms with Gasteiger partial charge in [-0.15, -0.1) is 0 Å². The van der Waals surface area contributed by atoms with E-state index in [1.54, 1.807) is 0 Å². The number of benzene rings is 1. The third-order valence-corrected chi connectivity index (χ3v) is 3.04. The Kier molecular flexibility index (Phi) is 10.4. The molecule has 0 spiro atoms. The zero-order valence-corrected chi connectivity index (χ0v) is 8.86. The molecule has 1 aromatic rings. The summed E-state index contributed by atoms with van der Waals surface area (Å²) in [4.78, 5) is 10.3.